The second-order valence-corrected chi connectivity index (χ2v) is 5.20. The second kappa shape index (κ2) is 7.04. The summed E-state index contributed by atoms with van der Waals surface area (Å²) in [7, 11) is 0. The Morgan fingerprint density at radius 1 is 1.25 bits per heavy atom. The van der Waals surface area contributed by atoms with Gasteiger partial charge < -0.3 is 15.6 Å². The van der Waals surface area contributed by atoms with Crippen molar-refractivity contribution in [2.24, 2.45) is 0 Å². The van der Waals surface area contributed by atoms with Crippen LogP contribution in [0.5, 0.6) is 0 Å². The predicted octanol–water partition coefficient (Wildman–Crippen LogP) is 2.22. The van der Waals surface area contributed by atoms with Gasteiger partial charge in [0, 0.05) is 30.1 Å². The van der Waals surface area contributed by atoms with Gasteiger partial charge in [0.25, 0.3) is 0 Å². The van der Waals surface area contributed by atoms with Crippen molar-refractivity contribution in [3.63, 3.8) is 0 Å². The van der Waals surface area contributed by atoms with Gasteiger partial charge in [-0.25, -0.2) is 9.97 Å². The fourth-order valence-corrected chi connectivity index (χ4v) is 2.26. The number of nitrogens with zero attached hydrogens (tertiary/aromatic N) is 2. The number of aromatic amines is 1. The van der Waals surface area contributed by atoms with Gasteiger partial charge in [0.05, 0.1) is 6.54 Å². The summed E-state index contributed by atoms with van der Waals surface area (Å²) in [5, 5.41) is 8.29. The molecule has 0 atom stereocenters. The van der Waals surface area contributed by atoms with Crippen molar-refractivity contribution < 1.29 is 0 Å². The van der Waals surface area contributed by atoms with Crippen LogP contribution in [0.3, 0.4) is 0 Å². The van der Waals surface area contributed by atoms with Gasteiger partial charge in [-0.1, -0.05) is 25.2 Å². The highest BCUT2D eigenvalue weighted by Gasteiger charge is 2.04. The highest BCUT2D eigenvalue weighted by Crippen LogP contribution is 2.13. The van der Waals surface area contributed by atoms with E-state index in [0.717, 1.165) is 42.5 Å². The minimum Gasteiger partial charge on any atom is -0.370 e. The van der Waals surface area contributed by atoms with E-state index in [-0.39, 0.29) is 4.87 Å². The van der Waals surface area contributed by atoms with Crippen molar-refractivity contribution in [2.45, 2.75) is 33.2 Å². The van der Waals surface area contributed by atoms with Crippen LogP contribution in [0.25, 0.3) is 0 Å². The van der Waals surface area contributed by atoms with Crippen LogP contribution in [0, 0.1) is 0 Å². The lowest BCUT2D eigenvalue weighted by molar-refractivity contribution is 0.910. The van der Waals surface area contributed by atoms with E-state index in [1.807, 2.05) is 18.4 Å². The Labute approximate surface area is 121 Å². The fraction of sp³-hybridized carbons (Fsp3) is 0.462. The molecule has 0 fully saturated rings. The summed E-state index contributed by atoms with van der Waals surface area (Å²) in [4.78, 5) is 22.7. The largest absolute Gasteiger partial charge is 0.370 e. The molecule has 3 N–H and O–H groups in total. The van der Waals surface area contributed by atoms with E-state index in [1.54, 1.807) is 0 Å². The van der Waals surface area contributed by atoms with E-state index >= 15 is 0 Å². The molecule has 0 saturated heterocycles. The summed E-state index contributed by atoms with van der Waals surface area (Å²) in [6, 6.07) is 1.89. The van der Waals surface area contributed by atoms with Crippen molar-refractivity contribution in [2.75, 3.05) is 17.2 Å². The number of aromatic nitrogens is 3. The standard InChI is InChI=1S/C13H19N5OS/c1-3-5-14-11-6-12(18-10(4-2)17-11)15-7-9-8-20-13(19)16-9/h6,8H,3-5,7H2,1-2H3,(H,16,19)(H2,14,15,17,18). The molecule has 2 rings (SSSR count). The molecule has 0 aliphatic rings. The molecule has 0 spiro atoms. The van der Waals surface area contributed by atoms with Crippen LogP contribution in [0.4, 0.5) is 11.6 Å². The lowest BCUT2D eigenvalue weighted by atomic mass is 10.4. The van der Waals surface area contributed by atoms with Gasteiger partial charge in [0.1, 0.15) is 17.5 Å². The molecule has 7 heteroatoms. The third kappa shape index (κ3) is 4.06. The first-order chi connectivity index (χ1) is 9.71. The van der Waals surface area contributed by atoms with Gasteiger partial charge in [-0.15, -0.1) is 0 Å². The molecule has 0 bridgehead atoms. The zero-order valence-corrected chi connectivity index (χ0v) is 12.5. The number of aryl methyl sites for hydroxylation is 1. The van der Waals surface area contributed by atoms with Gasteiger partial charge in [0.2, 0.25) is 0 Å². The first-order valence-corrected chi connectivity index (χ1v) is 7.61. The highest BCUT2D eigenvalue weighted by molar-refractivity contribution is 7.07. The normalized spacial score (nSPS) is 10.5. The maximum absolute atomic E-state index is 11.1. The number of anilines is 2. The Morgan fingerprint density at radius 3 is 2.60 bits per heavy atom. The van der Waals surface area contributed by atoms with Gasteiger partial charge in [-0.2, -0.15) is 0 Å². The summed E-state index contributed by atoms with van der Waals surface area (Å²) in [6.07, 6.45) is 1.83. The molecule has 20 heavy (non-hydrogen) atoms. The quantitative estimate of drug-likeness (QED) is 0.729. The monoisotopic (exact) mass is 293 g/mol. The van der Waals surface area contributed by atoms with E-state index in [2.05, 4.69) is 32.5 Å². The van der Waals surface area contributed by atoms with Gasteiger partial charge in [-0.05, 0) is 6.42 Å². The summed E-state index contributed by atoms with van der Waals surface area (Å²) < 4.78 is 0. The summed E-state index contributed by atoms with van der Waals surface area (Å²) >= 11 is 1.17. The van der Waals surface area contributed by atoms with Crippen molar-refractivity contribution >= 4 is 23.0 Å². The molecule has 2 aromatic heterocycles. The zero-order valence-electron chi connectivity index (χ0n) is 11.7. The van der Waals surface area contributed by atoms with E-state index < -0.39 is 0 Å². The zero-order chi connectivity index (χ0) is 14.4. The van der Waals surface area contributed by atoms with Crippen molar-refractivity contribution in [3.05, 3.63) is 32.6 Å². The lowest BCUT2D eigenvalue weighted by Gasteiger charge is -2.09. The maximum atomic E-state index is 11.1. The van der Waals surface area contributed by atoms with Crippen LogP contribution in [-0.4, -0.2) is 21.5 Å². The van der Waals surface area contributed by atoms with E-state index in [0.29, 0.717) is 6.54 Å². The van der Waals surface area contributed by atoms with E-state index in [9.17, 15) is 4.79 Å². The van der Waals surface area contributed by atoms with Crippen LogP contribution in [0.15, 0.2) is 16.2 Å². The Hall–Kier alpha value is -1.89. The first-order valence-electron chi connectivity index (χ1n) is 6.73. The number of hydrogen-bond donors (Lipinski definition) is 3. The molecule has 0 radical (unpaired) electrons. The Balaban J connectivity index is 2.07. The molecule has 2 heterocycles. The number of hydrogen-bond acceptors (Lipinski definition) is 6. The van der Waals surface area contributed by atoms with Crippen LogP contribution in [0.2, 0.25) is 0 Å². The number of H-pyrrole nitrogens is 1. The number of nitrogens with one attached hydrogen (secondary N) is 3. The van der Waals surface area contributed by atoms with Crippen LogP contribution >= 0.6 is 11.3 Å². The predicted molar refractivity (Wildman–Crippen MR) is 82.5 cm³/mol. The molecule has 0 aliphatic heterocycles. The molecule has 0 unspecified atom stereocenters. The second-order valence-electron chi connectivity index (χ2n) is 4.36. The van der Waals surface area contributed by atoms with Crippen LogP contribution in [-0.2, 0) is 13.0 Å². The minimum absolute atomic E-state index is 0.0379. The summed E-state index contributed by atoms with van der Waals surface area (Å²) in [5.41, 5.74) is 0.861. The van der Waals surface area contributed by atoms with Crippen LogP contribution < -0.4 is 15.5 Å². The summed E-state index contributed by atoms with van der Waals surface area (Å²) in [6.45, 7) is 5.57. The van der Waals surface area contributed by atoms with Crippen molar-refractivity contribution in [1.82, 2.24) is 15.0 Å². The van der Waals surface area contributed by atoms with Gasteiger partial charge >= 0.3 is 4.87 Å². The summed E-state index contributed by atoms with van der Waals surface area (Å²) in [5.74, 6) is 2.40. The average Bonchev–Trinajstić information content (AvgIpc) is 2.88. The number of thiazole rings is 1. The van der Waals surface area contributed by atoms with E-state index in [1.165, 1.54) is 11.3 Å². The van der Waals surface area contributed by atoms with Crippen molar-refractivity contribution in [3.8, 4) is 0 Å². The molecule has 0 amide bonds. The molecule has 0 aromatic carbocycles. The third-order valence-corrected chi connectivity index (χ3v) is 3.39. The molecular weight excluding hydrogens is 274 g/mol. The Kier molecular flexibility index (Phi) is 5.11. The Bertz CT molecular complexity index is 607. The first kappa shape index (κ1) is 14.5. The maximum Gasteiger partial charge on any atom is 0.304 e. The minimum atomic E-state index is -0.0379. The average molecular weight is 293 g/mol. The number of rotatable bonds is 7. The smallest absolute Gasteiger partial charge is 0.304 e. The molecule has 108 valence electrons. The molecule has 2 aromatic rings. The van der Waals surface area contributed by atoms with Gasteiger partial charge in [-0.3, -0.25) is 4.79 Å². The molecule has 6 nitrogen and oxygen atoms in total. The Morgan fingerprint density at radius 2 is 2.00 bits per heavy atom. The van der Waals surface area contributed by atoms with Gasteiger partial charge in [0.15, 0.2) is 0 Å². The third-order valence-electron chi connectivity index (χ3n) is 2.68. The molecular formula is C13H19N5OS. The van der Waals surface area contributed by atoms with Crippen molar-refractivity contribution in [1.29, 1.82) is 0 Å². The fourth-order valence-electron chi connectivity index (χ4n) is 1.68. The highest BCUT2D eigenvalue weighted by atomic mass is 32.1. The molecule has 0 saturated carbocycles. The van der Waals surface area contributed by atoms with E-state index in [4.69, 9.17) is 0 Å². The topological polar surface area (TPSA) is 82.7 Å². The molecule has 0 aliphatic carbocycles. The van der Waals surface area contributed by atoms with Crippen LogP contribution in [0.1, 0.15) is 31.8 Å². The lowest BCUT2D eigenvalue weighted by Crippen LogP contribution is -2.09. The SMILES string of the molecule is CCCNc1cc(NCc2csc(=O)[nH]2)nc(CC)n1.